The lowest BCUT2D eigenvalue weighted by molar-refractivity contribution is 0.265. The summed E-state index contributed by atoms with van der Waals surface area (Å²) in [5, 5.41) is 4.03. The topological polar surface area (TPSA) is 47.7 Å². The Bertz CT molecular complexity index is 577. The number of hydrogen-bond donors (Lipinski definition) is 0. The van der Waals surface area contributed by atoms with Gasteiger partial charge in [-0.2, -0.15) is 0 Å². The number of ether oxygens (including phenoxy) is 2. The molecule has 1 aliphatic rings. The van der Waals surface area contributed by atoms with E-state index in [0.29, 0.717) is 12.5 Å². The summed E-state index contributed by atoms with van der Waals surface area (Å²) in [6.07, 6.45) is 0.894. The Morgan fingerprint density at radius 3 is 2.85 bits per heavy atom. The fraction of sp³-hybridized carbons (Fsp3) is 0.400. The van der Waals surface area contributed by atoms with E-state index >= 15 is 0 Å². The average Bonchev–Trinajstić information content (AvgIpc) is 2.88. The van der Waals surface area contributed by atoms with Crippen LogP contribution in [-0.4, -0.2) is 30.8 Å². The molecule has 0 bridgehead atoms. The highest BCUT2D eigenvalue weighted by atomic mass is 16.5. The lowest BCUT2D eigenvalue weighted by atomic mass is 10.1. The number of nitrogens with zero attached hydrogens (tertiary/aromatic N) is 2. The van der Waals surface area contributed by atoms with Crippen LogP contribution in [-0.2, 0) is 19.6 Å². The average molecular weight is 274 g/mol. The van der Waals surface area contributed by atoms with Crippen LogP contribution < -0.4 is 9.47 Å². The number of rotatable bonds is 4. The second-order valence-corrected chi connectivity index (χ2v) is 5.01. The third-order valence-electron chi connectivity index (χ3n) is 3.52. The van der Waals surface area contributed by atoms with E-state index < -0.39 is 0 Å². The molecule has 5 heteroatoms. The van der Waals surface area contributed by atoms with Crippen LogP contribution in [0.3, 0.4) is 0 Å². The van der Waals surface area contributed by atoms with Gasteiger partial charge in [0, 0.05) is 19.5 Å². The van der Waals surface area contributed by atoms with Gasteiger partial charge in [0.15, 0.2) is 0 Å². The second-order valence-electron chi connectivity index (χ2n) is 5.01. The largest absolute Gasteiger partial charge is 0.497 e. The van der Waals surface area contributed by atoms with Crippen LogP contribution in [0.1, 0.15) is 16.9 Å². The first-order chi connectivity index (χ1) is 9.76. The van der Waals surface area contributed by atoms with Gasteiger partial charge in [0.25, 0.3) is 5.88 Å². The molecule has 1 aliphatic heterocycles. The molecule has 1 aromatic heterocycles. The van der Waals surface area contributed by atoms with Crippen molar-refractivity contribution in [1.82, 2.24) is 10.1 Å². The zero-order valence-corrected chi connectivity index (χ0v) is 11.8. The van der Waals surface area contributed by atoms with Crippen molar-refractivity contribution in [2.45, 2.75) is 19.6 Å². The van der Waals surface area contributed by atoms with E-state index in [4.69, 9.17) is 14.0 Å². The molecule has 0 saturated heterocycles. The fourth-order valence-electron chi connectivity index (χ4n) is 2.31. The number of aromatic nitrogens is 1. The fourth-order valence-corrected chi connectivity index (χ4v) is 2.31. The quantitative estimate of drug-likeness (QED) is 0.855. The van der Waals surface area contributed by atoms with Crippen LogP contribution in [0.2, 0.25) is 0 Å². The van der Waals surface area contributed by atoms with E-state index in [1.165, 1.54) is 0 Å². The molecule has 5 nitrogen and oxygen atoms in total. The van der Waals surface area contributed by atoms with Crippen molar-refractivity contribution in [3.8, 4) is 11.6 Å². The highest BCUT2D eigenvalue weighted by molar-refractivity contribution is 5.31. The highest BCUT2D eigenvalue weighted by Gasteiger charge is 2.23. The Morgan fingerprint density at radius 2 is 2.10 bits per heavy atom. The number of methoxy groups -OCH3 is 1. The summed E-state index contributed by atoms with van der Waals surface area (Å²) in [7, 11) is 3.74. The Morgan fingerprint density at radius 1 is 1.30 bits per heavy atom. The molecule has 0 amide bonds. The van der Waals surface area contributed by atoms with E-state index in [-0.39, 0.29) is 0 Å². The van der Waals surface area contributed by atoms with Crippen molar-refractivity contribution in [2.75, 3.05) is 20.7 Å². The van der Waals surface area contributed by atoms with Crippen LogP contribution >= 0.6 is 0 Å². The lowest BCUT2D eigenvalue weighted by Gasteiger charge is -2.20. The molecule has 0 unspecified atom stereocenters. The first kappa shape index (κ1) is 13.0. The molecular weight excluding hydrogens is 256 g/mol. The number of hydrogen-bond acceptors (Lipinski definition) is 5. The summed E-state index contributed by atoms with van der Waals surface area (Å²) in [5.74, 6) is 2.41. The lowest BCUT2D eigenvalue weighted by Crippen LogP contribution is -2.25. The van der Waals surface area contributed by atoms with Crippen molar-refractivity contribution in [1.29, 1.82) is 0 Å². The second kappa shape index (κ2) is 5.54. The molecule has 0 aliphatic carbocycles. The minimum atomic E-state index is 0.479. The van der Waals surface area contributed by atoms with Crippen LogP contribution in [0.15, 0.2) is 28.8 Å². The molecule has 106 valence electrons. The summed E-state index contributed by atoms with van der Waals surface area (Å²) in [5.41, 5.74) is 2.15. The van der Waals surface area contributed by atoms with Crippen LogP contribution in [0.4, 0.5) is 0 Å². The van der Waals surface area contributed by atoms with Crippen molar-refractivity contribution < 1.29 is 14.0 Å². The molecule has 2 aromatic rings. The Kier molecular flexibility index (Phi) is 3.60. The number of fused-ring (bicyclic) bond motifs is 1. The van der Waals surface area contributed by atoms with Gasteiger partial charge in [-0.1, -0.05) is 12.1 Å². The predicted octanol–water partition coefficient (Wildman–Crippen LogP) is 2.25. The van der Waals surface area contributed by atoms with Crippen LogP contribution in [0.25, 0.3) is 0 Å². The maximum atomic E-state index is 5.78. The standard InChI is InChI=1S/C15H18N2O3/c1-17-8-7-14-13(9-17)15(16-20-14)19-10-11-3-5-12(18-2)6-4-11/h3-6H,7-10H2,1-2H3. The molecule has 0 spiro atoms. The van der Waals surface area contributed by atoms with Crippen molar-refractivity contribution in [2.24, 2.45) is 0 Å². The van der Waals surface area contributed by atoms with E-state index in [1.807, 2.05) is 24.3 Å². The SMILES string of the molecule is COc1ccc(COc2noc3c2CN(C)CC3)cc1. The van der Waals surface area contributed by atoms with E-state index in [0.717, 1.165) is 42.1 Å². The van der Waals surface area contributed by atoms with Gasteiger partial charge in [-0.15, -0.1) is 0 Å². The highest BCUT2D eigenvalue weighted by Crippen LogP contribution is 2.27. The van der Waals surface area contributed by atoms with Gasteiger partial charge < -0.3 is 18.9 Å². The number of benzene rings is 1. The molecule has 0 N–H and O–H groups in total. The smallest absolute Gasteiger partial charge is 0.259 e. The summed E-state index contributed by atoms with van der Waals surface area (Å²) < 4.78 is 16.3. The molecular formula is C15H18N2O3. The van der Waals surface area contributed by atoms with Gasteiger partial charge in [-0.05, 0) is 29.9 Å². The Balaban J connectivity index is 1.67. The Labute approximate surface area is 118 Å². The summed E-state index contributed by atoms with van der Waals surface area (Å²) in [6, 6.07) is 7.81. The van der Waals surface area contributed by atoms with Crippen LogP contribution in [0.5, 0.6) is 11.6 Å². The molecule has 3 rings (SSSR count). The number of likely N-dealkylation sites (N-methyl/N-ethyl adjacent to an activating group) is 1. The van der Waals surface area contributed by atoms with Gasteiger partial charge in [0.2, 0.25) is 0 Å². The van der Waals surface area contributed by atoms with Crippen LogP contribution in [0, 0.1) is 0 Å². The predicted molar refractivity (Wildman–Crippen MR) is 73.9 cm³/mol. The monoisotopic (exact) mass is 274 g/mol. The molecule has 0 fully saturated rings. The first-order valence-electron chi connectivity index (χ1n) is 6.68. The van der Waals surface area contributed by atoms with Crippen molar-refractivity contribution in [3.05, 3.63) is 41.2 Å². The third kappa shape index (κ3) is 2.63. The van der Waals surface area contributed by atoms with Crippen molar-refractivity contribution in [3.63, 3.8) is 0 Å². The molecule has 0 atom stereocenters. The summed E-state index contributed by atoms with van der Waals surface area (Å²) >= 11 is 0. The van der Waals surface area contributed by atoms with E-state index in [1.54, 1.807) is 7.11 Å². The maximum Gasteiger partial charge on any atom is 0.259 e. The molecule has 1 aromatic carbocycles. The first-order valence-corrected chi connectivity index (χ1v) is 6.68. The van der Waals surface area contributed by atoms with E-state index in [2.05, 4.69) is 17.1 Å². The summed E-state index contributed by atoms with van der Waals surface area (Å²) in [6.45, 7) is 2.31. The maximum absolute atomic E-state index is 5.78. The minimum absolute atomic E-state index is 0.479. The molecule has 0 radical (unpaired) electrons. The van der Waals surface area contributed by atoms with Gasteiger partial charge in [0.05, 0.1) is 12.7 Å². The summed E-state index contributed by atoms with van der Waals surface area (Å²) in [4.78, 5) is 2.24. The molecule has 2 heterocycles. The Hall–Kier alpha value is -2.01. The molecule has 20 heavy (non-hydrogen) atoms. The molecule has 0 saturated carbocycles. The van der Waals surface area contributed by atoms with E-state index in [9.17, 15) is 0 Å². The van der Waals surface area contributed by atoms with Gasteiger partial charge >= 0.3 is 0 Å². The van der Waals surface area contributed by atoms with Gasteiger partial charge in [-0.3, -0.25) is 0 Å². The zero-order chi connectivity index (χ0) is 13.9. The third-order valence-corrected chi connectivity index (χ3v) is 3.52. The van der Waals surface area contributed by atoms with Gasteiger partial charge in [-0.25, -0.2) is 0 Å². The van der Waals surface area contributed by atoms with Gasteiger partial charge in [0.1, 0.15) is 18.1 Å². The zero-order valence-electron chi connectivity index (χ0n) is 11.8. The minimum Gasteiger partial charge on any atom is -0.497 e. The normalized spacial score (nSPS) is 14.9. The van der Waals surface area contributed by atoms with Crippen molar-refractivity contribution >= 4 is 0 Å².